The zero-order chi connectivity index (χ0) is 6.81. The van der Waals surface area contributed by atoms with E-state index in [9.17, 15) is 0 Å². The van der Waals surface area contributed by atoms with Crippen LogP contribution < -0.4 is 0 Å². The van der Waals surface area contributed by atoms with Crippen molar-refractivity contribution in [1.29, 1.82) is 0 Å². The third kappa shape index (κ3) is 0.798. The molecule has 1 aromatic rings. The zero-order valence-corrected chi connectivity index (χ0v) is 5.70. The molecule has 0 spiro atoms. The van der Waals surface area contributed by atoms with Gasteiger partial charge in [0.05, 0.1) is 0 Å². The second-order valence-corrected chi connectivity index (χ2v) is 2.38. The summed E-state index contributed by atoms with van der Waals surface area (Å²) in [4.78, 5) is 0. The predicted molar refractivity (Wildman–Crippen MR) is 42.5 cm³/mol. The van der Waals surface area contributed by atoms with Gasteiger partial charge in [0.25, 0.3) is 0 Å². The molecule has 1 nitrogen and oxygen atoms in total. The first-order valence-corrected chi connectivity index (χ1v) is 3.46. The van der Waals surface area contributed by atoms with Gasteiger partial charge in [0.2, 0.25) is 0 Å². The van der Waals surface area contributed by atoms with Crippen LogP contribution in [0.3, 0.4) is 0 Å². The number of aromatic nitrogens is 1. The summed E-state index contributed by atoms with van der Waals surface area (Å²) in [6, 6.07) is 4.08. The van der Waals surface area contributed by atoms with E-state index in [4.69, 9.17) is 0 Å². The van der Waals surface area contributed by atoms with Crippen LogP contribution in [0.2, 0.25) is 0 Å². The lowest BCUT2D eigenvalue weighted by Crippen LogP contribution is -1.88. The van der Waals surface area contributed by atoms with E-state index in [1.165, 1.54) is 5.70 Å². The van der Waals surface area contributed by atoms with Gasteiger partial charge in [0.15, 0.2) is 0 Å². The van der Waals surface area contributed by atoms with Gasteiger partial charge in [-0.15, -0.1) is 0 Å². The highest BCUT2D eigenvalue weighted by Crippen LogP contribution is 2.15. The number of hydrogen-bond donors (Lipinski definition) is 0. The standard InChI is InChI=1S/C9H9N/c1-2-6-9(5-1)10-7-3-4-8-10/h1-5,7-8H,6H2. The van der Waals surface area contributed by atoms with Crippen molar-refractivity contribution in [3.8, 4) is 0 Å². The normalized spacial score (nSPS) is 15.8. The average Bonchev–Trinajstić information content (AvgIpc) is 2.59. The fourth-order valence-electron chi connectivity index (χ4n) is 1.15. The van der Waals surface area contributed by atoms with Crippen LogP contribution in [0.1, 0.15) is 6.42 Å². The van der Waals surface area contributed by atoms with E-state index in [0.717, 1.165) is 6.42 Å². The van der Waals surface area contributed by atoms with E-state index in [-0.39, 0.29) is 0 Å². The second-order valence-electron chi connectivity index (χ2n) is 2.38. The van der Waals surface area contributed by atoms with Crippen LogP contribution in [-0.4, -0.2) is 4.57 Å². The van der Waals surface area contributed by atoms with Gasteiger partial charge in [-0.05, 0) is 18.2 Å². The van der Waals surface area contributed by atoms with Crippen LogP contribution in [0.25, 0.3) is 5.70 Å². The summed E-state index contributed by atoms with van der Waals surface area (Å²) >= 11 is 0. The van der Waals surface area contributed by atoms with Gasteiger partial charge in [-0.2, -0.15) is 0 Å². The SMILES string of the molecule is C1=CCC(n2cccc2)=C1. The van der Waals surface area contributed by atoms with Gasteiger partial charge >= 0.3 is 0 Å². The highest BCUT2D eigenvalue weighted by atomic mass is 14.9. The van der Waals surface area contributed by atoms with Gasteiger partial charge in [0.1, 0.15) is 0 Å². The summed E-state index contributed by atoms with van der Waals surface area (Å²) in [6.07, 6.45) is 11.6. The second kappa shape index (κ2) is 2.18. The first kappa shape index (κ1) is 5.54. The first-order chi connectivity index (χ1) is 4.97. The van der Waals surface area contributed by atoms with Crippen molar-refractivity contribution in [3.63, 3.8) is 0 Å². The number of allylic oxidation sites excluding steroid dienone is 4. The Bertz CT molecular complexity index is 265. The molecule has 2 rings (SSSR count). The topological polar surface area (TPSA) is 4.93 Å². The minimum atomic E-state index is 1.06. The van der Waals surface area contributed by atoms with E-state index < -0.39 is 0 Å². The molecule has 1 aromatic heterocycles. The van der Waals surface area contributed by atoms with Crippen molar-refractivity contribution in [2.24, 2.45) is 0 Å². The van der Waals surface area contributed by atoms with Gasteiger partial charge < -0.3 is 4.57 Å². The molecule has 1 aliphatic rings. The lowest BCUT2D eigenvalue weighted by molar-refractivity contribution is 1.07. The van der Waals surface area contributed by atoms with E-state index in [1.54, 1.807) is 0 Å². The summed E-state index contributed by atoms with van der Waals surface area (Å²) in [5.74, 6) is 0. The highest BCUT2D eigenvalue weighted by Gasteiger charge is 1.98. The molecule has 1 heterocycles. The van der Waals surface area contributed by atoms with Crippen molar-refractivity contribution >= 4 is 5.70 Å². The fourth-order valence-corrected chi connectivity index (χ4v) is 1.15. The summed E-state index contributed by atoms with van der Waals surface area (Å²) < 4.78 is 2.14. The molecule has 0 saturated heterocycles. The Kier molecular flexibility index (Phi) is 1.21. The molecule has 0 fully saturated rings. The molecule has 1 heteroatoms. The smallest absolute Gasteiger partial charge is 0.0258 e. The Hall–Kier alpha value is -1.24. The summed E-state index contributed by atoms with van der Waals surface area (Å²) in [6.45, 7) is 0. The maximum atomic E-state index is 2.16. The molecule has 0 N–H and O–H groups in total. The summed E-state index contributed by atoms with van der Waals surface area (Å²) in [7, 11) is 0. The lowest BCUT2D eigenvalue weighted by Gasteiger charge is -2.00. The summed E-state index contributed by atoms with van der Waals surface area (Å²) in [5, 5.41) is 0. The number of hydrogen-bond acceptors (Lipinski definition) is 0. The van der Waals surface area contributed by atoms with Crippen LogP contribution in [-0.2, 0) is 0 Å². The Morgan fingerprint density at radius 2 is 2.00 bits per heavy atom. The lowest BCUT2D eigenvalue weighted by atomic mass is 10.4. The Labute approximate surface area is 60.3 Å². The van der Waals surface area contributed by atoms with Gasteiger partial charge in [0, 0.05) is 24.5 Å². The van der Waals surface area contributed by atoms with Crippen molar-refractivity contribution in [1.82, 2.24) is 4.57 Å². The van der Waals surface area contributed by atoms with Crippen molar-refractivity contribution in [2.45, 2.75) is 6.42 Å². The molecule has 0 saturated carbocycles. The maximum Gasteiger partial charge on any atom is 0.0258 e. The van der Waals surface area contributed by atoms with Gasteiger partial charge in [-0.25, -0.2) is 0 Å². The van der Waals surface area contributed by atoms with E-state index in [2.05, 4.69) is 35.2 Å². The maximum absolute atomic E-state index is 2.16. The van der Waals surface area contributed by atoms with Crippen LogP contribution in [0, 0.1) is 0 Å². The van der Waals surface area contributed by atoms with Crippen LogP contribution in [0.5, 0.6) is 0 Å². The van der Waals surface area contributed by atoms with E-state index in [1.807, 2.05) is 12.1 Å². The average molecular weight is 131 g/mol. The summed E-state index contributed by atoms with van der Waals surface area (Å²) in [5.41, 5.74) is 1.35. The van der Waals surface area contributed by atoms with Crippen molar-refractivity contribution < 1.29 is 0 Å². The largest absolute Gasteiger partial charge is 0.327 e. The van der Waals surface area contributed by atoms with Gasteiger partial charge in [-0.1, -0.05) is 12.2 Å². The van der Waals surface area contributed by atoms with E-state index >= 15 is 0 Å². The minimum absolute atomic E-state index is 1.06. The molecule has 0 radical (unpaired) electrons. The molecule has 0 unspecified atom stereocenters. The molecule has 0 aromatic carbocycles. The molecule has 1 aliphatic carbocycles. The zero-order valence-electron chi connectivity index (χ0n) is 5.70. The van der Waals surface area contributed by atoms with Crippen LogP contribution >= 0.6 is 0 Å². The molecule has 0 bridgehead atoms. The number of rotatable bonds is 1. The van der Waals surface area contributed by atoms with Crippen molar-refractivity contribution in [3.05, 3.63) is 42.8 Å². The van der Waals surface area contributed by atoms with Crippen LogP contribution in [0.15, 0.2) is 42.8 Å². The molecule has 0 aliphatic heterocycles. The fraction of sp³-hybridized carbons (Fsp3) is 0.111. The van der Waals surface area contributed by atoms with Crippen LogP contribution in [0.4, 0.5) is 0 Å². The predicted octanol–water partition coefficient (Wildman–Crippen LogP) is 2.29. The Morgan fingerprint density at radius 1 is 1.20 bits per heavy atom. The third-order valence-corrected chi connectivity index (χ3v) is 1.69. The van der Waals surface area contributed by atoms with Crippen molar-refractivity contribution in [2.75, 3.05) is 0 Å². The molecule has 0 atom stereocenters. The molecular weight excluding hydrogens is 122 g/mol. The quantitative estimate of drug-likeness (QED) is 0.551. The minimum Gasteiger partial charge on any atom is -0.327 e. The first-order valence-electron chi connectivity index (χ1n) is 3.46. The Morgan fingerprint density at radius 3 is 2.60 bits per heavy atom. The number of nitrogens with zero attached hydrogens (tertiary/aromatic N) is 1. The molecule has 0 amide bonds. The highest BCUT2D eigenvalue weighted by molar-refractivity contribution is 5.54. The van der Waals surface area contributed by atoms with Gasteiger partial charge in [-0.3, -0.25) is 0 Å². The molecule has 50 valence electrons. The molecule has 10 heavy (non-hydrogen) atoms. The molecular formula is C9H9N. The monoisotopic (exact) mass is 131 g/mol. The Balaban J connectivity index is 2.30. The van der Waals surface area contributed by atoms with E-state index in [0.29, 0.717) is 0 Å². The third-order valence-electron chi connectivity index (χ3n) is 1.69.